The number of Topliss-reactive ketones (excluding diaryl/α,β-unsaturated/α-hetero) is 2. The highest BCUT2D eigenvalue weighted by molar-refractivity contribution is 9.10. The molecule has 0 bridgehead atoms. The molecule has 1 atom stereocenters. The number of methoxy groups -OCH3 is 2. The van der Waals surface area contributed by atoms with E-state index in [-0.39, 0.29) is 45.7 Å². The van der Waals surface area contributed by atoms with Gasteiger partial charge in [-0.05, 0) is 117 Å². The number of hydrogen-bond donors (Lipinski definition) is 3. The fourth-order valence-electron chi connectivity index (χ4n) is 8.24. The summed E-state index contributed by atoms with van der Waals surface area (Å²) < 4.78 is 10.4. The van der Waals surface area contributed by atoms with E-state index in [1.165, 1.54) is 0 Å². The van der Waals surface area contributed by atoms with Crippen LogP contribution in [0.1, 0.15) is 88.2 Å². The predicted octanol–water partition coefficient (Wildman–Crippen LogP) is 6.11. The smallest absolute Gasteiger partial charge is 0.253 e. The molecule has 1 saturated heterocycles. The van der Waals surface area contributed by atoms with Crippen LogP contribution < -0.4 is 20.1 Å². The van der Waals surface area contributed by atoms with Gasteiger partial charge in [0.15, 0.2) is 17.4 Å². The normalized spacial score (nSPS) is 19.7. The Labute approximate surface area is 343 Å². The maximum Gasteiger partial charge on any atom is 0.253 e. The molecule has 4 aliphatic carbocycles. The summed E-state index contributed by atoms with van der Waals surface area (Å²) in [5.41, 5.74) is 9.30. The Morgan fingerprint density at radius 2 is 1.28 bits per heavy atom. The molecule has 6 aliphatic rings. The van der Waals surface area contributed by atoms with E-state index in [1.54, 1.807) is 20.4 Å². The quantitative estimate of drug-likeness (QED) is 0.141. The van der Waals surface area contributed by atoms with E-state index < -0.39 is 0 Å². The number of halogens is 1. The topological polar surface area (TPSA) is 178 Å². The minimum atomic E-state index is -0.131. The second kappa shape index (κ2) is 14.9. The SMILES string of the molecule is COc1ccc(-c2ncc3c(n2)-c2[nH]c4c(c2CC3)C(=O)NC2(CC2)C4)cc1.COc1ccc(-c2ncc3c(n2)C(=O)C(Br)CC3)cc1.O=C1CC(=O)NC2(CC2)C1. The van der Waals surface area contributed by atoms with E-state index in [2.05, 4.69) is 46.5 Å². The van der Waals surface area contributed by atoms with Crippen molar-refractivity contribution in [1.29, 1.82) is 0 Å². The lowest BCUT2D eigenvalue weighted by Gasteiger charge is -2.23. The molecule has 2 amide bonds. The van der Waals surface area contributed by atoms with E-state index in [9.17, 15) is 19.2 Å². The first-order chi connectivity index (χ1) is 28.0. The Kier molecular flexibility index (Phi) is 9.69. The first kappa shape index (κ1) is 37.8. The van der Waals surface area contributed by atoms with E-state index in [1.807, 2.05) is 54.7 Å². The molecular weight excluding hydrogens is 802 g/mol. The van der Waals surface area contributed by atoms with Gasteiger partial charge in [-0.3, -0.25) is 19.2 Å². The van der Waals surface area contributed by atoms with Crippen molar-refractivity contribution >= 4 is 39.3 Å². The number of amides is 2. The highest BCUT2D eigenvalue weighted by atomic mass is 79.9. The van der Waals surface area contributed by atoms with Gasteiger partial charge in [0.1, 0.15) is 23.0 Å². The minimum absolute atomic E-state index is 0.000286. The molecule has 14 heteroatoms. The Bertz CT molecular complexity index is 2460. The monoisotopic (exact) mass is 843 g/mol. The molecule has 2 saturated carbocycles. The number of aromatic amines is 1. The number of rotatable bonds is 4. The van der Waals surface area contributed by atoms with Gasteiger partial charge >= 0.3 is 0 Å². The molecule has 11 rings (SSSR count). The Morgan fingerprint density at radius 3 is 1.84 bits per heavy atom. The van der Waals surface area contributed by atoms with Crippen LogP contribution in [-0.4, -0.2) is 78.4 Å². The summed E-state index contributed by atoms with van der Waals surface area (Å²) in [6.45, 7) is 0. The molecule has 296 valence electrons. The molecule has 13 nitrogen and oxygen atoms in total. The van der Waals surface area contributed by atoms with Crippen molar-refractivity contribution in [3.05, 3.63) is 94.6 Å². The first-order valence-corrected chi connectivity index (χ1v) is 20.5. The molecule has 5 aromatic rings. The lowest BCUT2D eigenvalue weighted by molar-refractivity contribution is -0.132. The summed E-state index contributed by atoms with van der Waals surface area (Å²) in [6, 6.07) is 15.2. The average Bonchev–Trinajstić information content (AvgIpc) is 4.13. The Hall–Kier alpha value is -5.76. The van der Waals surface area contributed by atoms with E-state index in [0.717, 1.165) is 120 Å². The van der Waals surface area contributed by atoms with Gasteiger partial charge in [-0.1, -0.05) is 15.9 Å². The first-order valence-electron chi connectivity index (χ1n) is 19.6. The van der Waals surface area contributed by atoms with Crippen molar-refractivity contribution in [3.63, 3.8) is 0 Å². The zero-order valence-electron chi connectivity index (χ0n) is 32.2. The number of carbonyl (C=O) groups is 4. The highest BCUT2D eigenvalue weighted by Crippen LogP contribution is 2.45. The lowest BCUT2D eigenvalue weighted by Crippen LogP contribution is -2.44. The standard InChI is InChI=1S/C22H20N4O2.C15H13BrN2O2.C7H9NO2/c1-28-14-5-2-12(3-6-14)20-23-11-13-4-7-15-17-16(24-19(15)18(13)25-20)10-22(8-9-22)26-21(17)27;1-20-11-5-2-9(3-6-11)15-17-8-10-4-7-12(16)14(19)13(10)18-15;9-5-3-6(10)8-7(4-5)1-2-7/h2-3,5-6,11,24H,4,7-10H2,1H3,(H,26,27);2-3,5-6,8,12H,4,7H2,1H3;1-4H2,(H,8,10). The number of carbonyl (C=O) groups excluding carboxylic acids is 4. The fourth-order valence-corrected chi connectivity index (χ4v) is 8.68. The van der Waals surface area contributed by atoms with Crippen LogP contribution in [0.4, 0.5) is 0 Å². The molecule has 3 aromatic heterocycles. The van der Waals surface area contributed by atoms with Crippen molar-refractivity contribution < 1.29 is 28.7 Å². The Balaban J connectivity index is 0.000000126. The van der Waals surface area contributed by atoms with Crippen LogP contribution in [-0.2, 0) is 35.3 Å². The fraction of sp³-hybridized carbons (Fsp3) is 0.364. The summed E-state index contributed by atoms with van der Waals surface area (Å²) in [5, 5.41) is 6.06. The number of benzene rings is 2. The molecule has 3 fully saturated rings. The van der Waals surface area contributed by atoms with Gasteiger partial charge in [0.2, 0.25) is 5.91 Å². The van der Waals surface area contributed by atoms with Crippen molar-refractivity contribution in [2.75, 3.05) is 14.2 Å². The summed E-state index contributed by atoms with van der Waals surface area (Å²) in [4.78, 5) is 68.3. The third-order valence-electron chi connectivity index (χ3n) is 11.8. The van der Waals surface area contributed by atoms with E-state index in [4.69, 9.17) is 14.5 Å². The van der Waals surface area contributed by atoms with Gasteiger partial charge in [-0.25, -0.2) is 19.9 Å². The third kappa shape index (κ3) is 7.41. The number of piperidine rings is 1. The number of ether oxygens (including phenoxy) is 2. The summed E-state index contributed by atoms with van der Waals surface area (Å²) in [5.74, 6) is 2.97. The van der Waals surface area contributed by atoms with Gasteiger partial charge in [0.05, 0.1) is 42.4 Å². The zero-order valence-corrected chi connectivity index (χ0v) is 33.8. The van der Waals surface area contributed by atoms with Crippen LogP contribution >= 0.6 is 15.9 Å². The van der Waals surface area contributed by atoms with Gasteiger partial charge in [-0.15, -0.1) is 0 Å². The van der Waals surface area contributed by atoms with Crippen molar-refractivity contribution in [3.8, 4) is 45.7 Å². The maximum absolute atomic E-state index is 12.8. The molecule has 58 heavy (non-hydrogen) atoms. The number of nitrogens with zero attached hydrogens (tertiary/aromatic N) is 4. The van der Waals surface area contributed by atoms with E-state index in [0.29, 0.717) is 23.8 Å². The molecule has 2 aromatic carbocycles. The van der Waals surface area contributed by atoms with Crippen LogP contribution in [0.2, 0.25) is 0 Å². The van der Waals surface area contributed by atoms with Crippen molar-refractivity contribution in [2.24, 2.45) is 0 Å². The average molecular weight is 845 g/mol. The van der Waals surface area contributed by atoms with Gasteiger partial charge in [0, 0.05) is 53.1 Å². The van der Waals surface area contributed by atoms with Crippen LogP contribution in [0.15, 0.2) is 60.9 Å². The molecule has 3 N–H and O–H groups in total. The predicted molar refractivity (Wildman–Crippen MR) is 218 cm³/mol. The summed E-state index contributed by atoms with van der Waals surface area (Å²) in [7, 11) is 3.28. The van der Waals surface area contributed by atoms with Crippen LogP contribution in [0.5, 0.6) is 11.5 Å². The number of H-pyrrole nitrogens is 1. The van der Waals surface area contributed by atoms with Crippen molar-refractivity contribution in [1.82, 2.24) is 35.6 Å². The number of ketones is 2. The molecule has 2 aliphatic heterocycles. The van der Waals surface area contributed by atoms with E-state index >= 15 is 0 Å². The zero-order chi connectivity index (χ0) is 40.2. The Morgan fingerprint density at radius 1 is 0.707 bits per heavy atom. The number of nitrogens with one attached hydrogen (secondary N) is 3. The van der Waals surface area contributed by atoms with Crippen LogP contribution in [0.3, 0.4) is 0 Å². The number of fused-ring (bicyclic) bond motifs is 6. The largest absolute Gasteiger partial charge is 0.497 e. The lowest BCUT2D eigenvalue weighted by atomic mass is 9.89. The molecular formula is C44H42BrN7O6. The molecule has 1 unspecified atom stereocenters. The van der Waals surface area contributed by atoms with Crippen LogP contribution in [0, 0.1) is 0 Å². The number of alkyl halides is 1. The van der Waals surface area contributed by atoms with Gasteiger partial charge < -0.3 is 25.1 Å². The number of aromatic nitrogens is 5. The summed E-state index contributed by atoms with van der Waals surface area (Å²) >= 11 is 3.40. The number of aryl methyl sites for hydroxylation is 2. The maximum atomic E-state index is 12.8. The highest BCUT2D eigenvalue weighted by Gasteiger charge is 2.50. The number of hydrogen-bond acceptors (Lipinski definition) is 10. The second-order valence-corrected chi connectivity index (χ2v) is 17.0. The molecule has 0 radical (unpaired) electrons. The minimum Gasteiger partial charge on any atom is -0.497 e. The van der Waals surface area contributed by atoms with Crippen LogP contribution in [0.25, 0.3) is 34.2 Å². The van der Waals surface area contributed by atoms with Gasteiger partial charge in [0.25, 0.3) is 5.91 Å². The molecule has 2 spiro atoms. The van der Waals surface area contributed by atoms with Crippen molar-refractivity contribution in [2.45, 2.75) is 86.5 Å². The van der Waals surface area contributed by atoms with Gasteiger partial charge in [-0.2, -0.15) is 0 Å². The third-order valence-corrected chi connectivity index (χ3v) is 12.7. The second-order valence-electron chi connectivity index (χ2n) is 15.9. The molecule has 5 heterocycles. The summed E-state index contributed by atoms with van der Waals surface area (Å²) in [6.07, 6.45) is 12.7.